The van der Waals surface area contributed by atoms with Gasteiger partial charge in [-0.05, 0) is 26.1 Å². The predicted molar refractivity (Wildman–Crippen MR) is 71.8 cm³/mol. The molecule has 2 rings (SSSR count). The van der Waals surface area contributed by atoms with Gasteiger partial charge in [0.1, 0.15) is 11.6 Å². The zero-order valence-corrected chi connectivity index (χ0v) is 11.4. The molecule has 19 heavy (non-hydrogen) atoms. The first-order valence-electron chi connectivity index (χ1n) is 6.63. The highest BCUT2D eigenvalue weighted by atomic mass is 19.1. The summed E-state index contributed by atoms with van der Waals surface area (Å²) in [6.07, 6.45) is 0. The second kappa shape index (κ2) is 5.94. The van der Waals surface area contributed by atoms with Crippen LogP contribution in [-0.2, 0) is 0 Å². The molecule has 0 aromatic heterocycles. The lowest BCUT2D eigenvalue weighted by Gasteiger charge is -2.42. The molecule has 1 aliphatic heterocycles. The summed E-state index contributed by atoms with van der Waals surface area (Å²) in [6, 6.07) is 3.80. The number of piperazine rings is 1. The Morgan fingerprint density at radius 1 is 1.32 bits per heavy atom. The van der Waals surface area contributed by atoms with Crippen LogP contribution in [0.2, 0.25) is 0 Å². The molecule has 1 aromatic rings. The summed E-state index contributed by atoms with van der Waals surface area (Å²) in [7, 11) is 2.05. The molecule has 106 valence electrons. The molecule has 0 aliphatic carbocycles. The Morgan fingerprint density at radius 2 is 1.95 bits per heavy atom. The van der Waals surface area contributed by atoms with E-state index in [9.17, 15) is 8.78 Å². The fourth-order valence-corrected chi connectivity index (χ4v) is 2.86. The lowest BCUT2D eigenvalue weighted by molar-refractivity contribution is 0.0608. The van der Waals surface area contributed by atoms with E-state index in [-0.39, 0.29) is 18.2 Å². The van der Waals surface area contributed by atoms with E-state index in [0.29, 0.717) is 0 Å². The fourth-order valence-electron chi connectivity index (χ4n) is 2.86. The number of nitrogens with zero attached hydrogens (tertiary/aromatic N) is 2. The third-order valence-electron chi connectivity index (χ3n) is 3.84. The Morgan fingerprint density at radius 3 is 2.47 bits per heavy atom. The predicted octanol–water partition coefficient (Wildman–Crippen LogP) is 1.60. The molecule has 0 saturated carbocycles. The highest BCUT2D eigenvalue weighted by molar-refractivity contribution is 5.24. The van der Waals surface area contributed by atoms with E-state index in [1.807, 2.05) is 0 Å². The van der Waals surface area contributed by atoms with E-state index in [0.717, 1.165) is 19.6 Å². The molecule has 2 N–H and O–H groups in total. The SMILES string of the molecule is CC1CN(C)CCN1C(CN)c1c(F)cccc1F. The molecule has 1 aliphatic rings. The Balaban J connectivity index is 2.29. The maximum absolute atomic E-state index is 13.9. The molecular weight excluding hydrogens is 248 g/mol. The van der Waals surface area contributed by atoms with Crippen molar-refractivity contribution in [3.63, 3.8) is 0 Å². The zero-order chi connectivity index (χ0) is 14.0. The summed E-state index contributed by atoms with van der Waals surface area (Å²) >= 11 is 0. The van der Waals surface area contributed by atoms with Gasteiger partial charge < -0.3 is 10.6 Å². The third kappa shape index (κ3) is 2.94. The average Bonchev–Trinajstić information content (AvgIpc) is 2.35. The molecule has 2 unspecified atom stereocenters. The highest BCUT2D eigenvalue weighted by Gasteiger charge is 2.31. The van der Waals surface area contributed by atoms with Crippen molar-refractivity contribution in [2.75, 3.05) is 33.2 Å². The average molecular weight is 269 g/mol. The minimum absolute atomic E-state index is 0.0985. The van der Waals surface area contributed by atoms with Gasteiger partial charge in [0.2, 0.25) is 0 Å². The van der Waals surface area contributed by atoms with Crippen molar-refractivity contribution in [3.05, 3.63) is 35.4 Å². The molecule has 5 heteroatoms. The number of hydrogen-bond acceptors (Lipinski definition) is 3. The third-order valence-corrected chi connectivity index (χ3v) is 3.84. The van der Waals surface area contributed by atoms with Gasteiger partial charge in [-0.15, -0.1) is 0 Å². The Hall–Kier alpha value is -1.04. The monoisotopic (exact) mass is 269 g/mol. The van der Waals surface area contributed by atoms with Gasteiger partial charge in [0.05, 0.1) is 6.04 Å². The van der Waals surface area contributed by atoms with Crippen molar-refractivity contribution in [2.45, 2.75) is 19.0 Å². The Bertz CT molecular complexity index is 418. The number of benzene rings is 1. The molecule has 0 spiro atoms. The van der Waals surface area contributed by atoms with Gasteiger partial charge in [-0.25, -0.2) is 8.78 Å². The van der Waals surface area contributed by atoms with E-state index in [4.69, 9.17) is 5.73 Å². The second-order valence-electron chi connectivity index (χ2n) is 5.24. The van der Waals surface area contributed by atoms with Crippen molar-refractivity contribution in [1.82, 2.24) is 9.80 Å². The topological polar surface area (TPSA) is 32.5 Å². The standard InChI is InChI=1S/C14H21F2N3/c1-10-9-18(2)6-7-19(10)13(8-17)14-11(15)4-3-5-12(14)16/h3-5,10,13H,6-9,17H2,1-2H3. The molecule has 0 radical (unpaired) electrons. The largest absolute Gasteiger partial charge is 0.329 e. The first-order chi connectivity index (χ1) is 9.04. The molecule has 1 aromatic carbocycles. The quantitative estimate of drug-likeness (QED) is 0.904. The van der Waals surface area contributed by atoms with Crippen LogP contribution >= 0.6 is 0 Å². The summed E-state index contributed by atoms with van der Waals surface area (Å²) in [4.78, 5) is 4.31. The first kappa shape index (κ1) is 14.4. The second-order valence-corrected chi connectivity index (χ2v) is 5.24. The fraction of sp³-hybridized carbons (Fsp3) is 0.571. The van der Waals surface area contributed by atoms with Crippen molar-refractivity contribution in [3.8, 4) is 0 Å². The van der Waals surface area contributed by atoms with Crippen LogP contribution in [0, 0.1) is 11.6 Å². The molecule has 1 fully saturated rings. The van der Waals surface area contributed by atoms with Crippen LogP contribution in [0.1, 0.15) is 18.5 Å². The van der Waals surface area contributed by atoms with Crippen LogP contribution in [0.3, 0.4) is 0 Å². The van der Waals surface area contributed by atoms with Crippen molar-refractivity contribution in [1.29, 1.82) is 0 Å². The highest BCUT2D eigenvalue weighted by Crippen LogP contribution is 2.28. The van der Waals surface area contributed by atoms with E-state index < -0.39 is 17.7 Å². The van der Waals surface area contributed by atoms with Crippen LogP contribution < -0.4 is 5.73 Å². The van der Waals surface area contributed by atoms with Gasteiger partial charge in [0.15, 0.2) is 0 Å². The number of likely N-dealkylation sites (N-methyl/N-ethyl adjacent to an activating group) is 1. The smallest absolute Gasteiger partial charge is 0.130 e. The van der Waals surface area contributed by atoms with E-state index in [1.165, 1.54) is 18.2 Å². The van der Waals surface area contributed by atoms with E-state index in [2.05, 4.69) is 23.8 Å². The van der Waals surface area contributed by atoms with Gasteiger partial charge in [-0.3, -0.25) is 4.90 Å². The summed E-state index contributed by atoms with van der Waals surface area (Å²) in [5, 5.41) is 0. The van der Waals surface area contributed by atoms with Crippen LogP contribution in [0.5, 0.6) is 0 Å². The van der Waals surface area contributed by atoms with E-state index >= 15 is 0 Å². The molecular formula is C14H21F2N3. The summed E-state index contributed by atoms with van der Waals surface area (Å²) < 4.78 is 27.8. The van der Waals surface area contributed by atoms with Gasteiger partial charge in [0, 0.05) is 37.8 Å². The lowest BCUT2D eigenvalue weighted by Crippen LogP contribution is -2.53. The maximum Gasteiger partial charge on any atom is 0.130 e. The summed E-state index contributed by atoms with van der Waals surface area (Å²) in [5.41, 5.74) is 5.88. The number of rotatable bonds is 3. The summed E-state index contributed by atoms with van der Waals surface area (Å²) in [5.74, 6) is -1.02. The molecule has 1 saturated heterocycles. The molecule has 1 heterocycles. The van der Waals surface area contributed by atoms with Crippen molar-refractivity contribution >= 4 is 0 Å². The number of nitrogens with two attached hydrogens (primary N) is 1. The maximum atomic E-state index is 13.9. The van der Waals surface area contributed by atoms with Crippen LogP contribution in [0.25, 0.3) is 0 Å². The first-order valence-corrected chi connectivity index (χ1v) is 6.63. The van der Waals surface area contributed by atoms with Crippen molar-refractivity contribution in [2.24, 2.45) is 5.73 Å². The minimum Gasteiger partial charge on any atom is -0.329 e. The normalized spacial score (nSPS) is 23.5. The van der Waals surface area contributed by atoms with E-state index in [1.54, 1.807) is 0 Å². The lowest BCUT2D eigenvalue weighted by atomic mass is 10.0. The molecule has 0 bridgehead atoms. The molecule has 3 nitrogen and oxygen atoms in total. The van der Waals surface area contributed by atoms with Crippen LogP contribution in [-0.4, -0.2) is 49.1 Å². The van der Waals surface area contributed by atoms with Gasteiger partial charge in [-0.2, -0.15) is 0 Å². The number of halogens is 2. The van der Waals surface area contributed by atoms with Crippen molar-refractivity contribution < 1.29 is 8.78 Å². The Labute approximate surface area is 113 Å². The molecule has 0 amide bonds. The van der Waals surface area contributed by atoms with Gasteiger partial charge in [-0.1, -0.05) is 6.07 Å². The zero-order valence-electron chi connectivity index (χ0n) is 11.4. The van der Waals surface area contributed by atoms with Gasteiger partial charge >= 0.3 is 0 Å². The van der Waals surface area contributed by atoms with Gasteiger partial charge in [0.25, 0.3) is 0 Å². The van der Waals surface area contributed by atoms with Crippen LogP contribution in [0.15, 0.2) is 18.2 Å². The number of hydrogen-bond donors (Lipinski definition) is 1. The molecule has 2 atom stereocenters. The van der Waals surface area contributed by atoms with Crippen LogP contribution in [0.4, 0.5) is 8.78 Å². The Kier molecular flexibility index (Phi) is 4.50. The summed E-state index contributed by atoms with van der Waals surface area (Å²) in [6.45, 7) is 4.82. The minimum atomic E-state index is -0.512.